The van der Waals surface area contributed by atoms with Crippen molar-refractivity contribution < 1.29 is 38.0 Å². The van der Waals surface area contributed by atoms with Crippen LogP contribution in [0.3, 0.4) is 0 Å². The maximum atomic E-state index is 12.9. The normalized spacial score (nSPS) is 20.0. The van der Waals surface area contributed by atoms with Crippen LogP contribution in [0.1, 0.15) is 24.0 Å². The van der Waals surface area contributed by atoms with Crippen LogP contribution in [0.25, 0.3) is 5.57 Å². The molecule has 168 valence electrons. The first-order valence-electron chi connectivity index (χ1n) is 9.91. The molecule has 31 heavy (non-hydrogen) atoms. The number of ether oxygens (including phenoxy) is 6. The highest BCUT2D eigenvalue weighted by atomic mass is 16.5. The predicted molar refractivity (Wildman–Crippen MR) is 112 cm³/mol. The Hall–Kier alpha value is -3.00. The SMILES string of the molecule is COC(=O)C1=C(C(=O)OC)[C@@H]2C(=CC1)c1c(cc(OC)c(OC)c1OC)CC[C@@H]2OC. The zero-order chi connectivity index (χ0) is 22.7. The molecule has 0 radical (unpaired) electrons. The van der Waals surface area contributed by atoms with Gasteiger partial charge in [-0.25, -0.2) is 9.59 Å². The Bertz CT molecular complexity index is 943. The van der Waals surface area contributed by atoms with Crippen LogP contribution in [0, 0.1) is 5.92 Å². The average Bonchev–Trinajstić information content (AvgIpc) is 2.97. The molecule has 0 fully saturated rings. The van der Waals surface area contributed by atoms with Crippen LogP contribution in [0.15, 0.2) is 23.3 Å². The summed E-state index contributed by atoms with van der Waals surface area (Å²) >= 11 is 0. The number of hydrogen-bond acceptors (Lipinski definition) is 8. The zero-order valence-corrected chi connectivity index (χ0v) is 18.7. The average molecular weight is 432 g/mol. The van der Waals surface area contributed by atoms with Gasteiger partial charge in [-0.05, 0) is 36.5 Å². The second-order valence-electron chi connectivity index (χ2n) is 7.21. The highest BCUT2D eigenvalue weighted by Crippen LogP contribution is 2.52. The number of methoxy groups -OCH3 is 6. The van der Waals surface area contributed by atoms with Gasteiger partial charge in [0.25, 0.3) is 0 Å². The summed E-state index contributed by atoms with van der Waals surface area (Å²) in [6.07, 6.45) is 3.04. The smallest absolute Gasteiger partial charge is 0.335 e. The van der Waals surface area contributed by atoms with Crippen LogP contribution in [-0.2, 0) is 30.2 Å². The lowest BCUT2D eigenvalue weighted by Gasteiger charge is -2.32. The third kappa shape index (κ3) is 3.76. The molecule has 0 aliphatic heterocycles. The van der Waals surface area contributed by atoms with E-state index in [1.54, 1.807) is 28.4 Å². The third-order valence-electron chi connectivity index (χ3n) is 5.91. The number of benzene rings is 1. The lowest BCUT2D eigenvalue weighted by atomic mass is 9.75. The molecule has 0 amide bonds. The Kier molecular flexibility index (Phi) is 6.90. The fraction of sp³-hybridized carbons (Fsp3) is 0.478. The number of aryl methyl sites for hydroxylation is 1. The third-order valence-corrected chi connectivity index (χ3v) is 5.91. The molecule has 8 nitrogen and oxygen atoms in total. The van der Waals surface area contributed by atoms with Crippen LogP contribution < -0.4 is 14.2 Å². The van der Waals surface area contributed by atoms with Crippen molar-refractivity contribution in [2.45, 2.75) is 25.4 Å². The van der Waals surface area contributed by atoms with Crippen molar-refractivity contribution in [2.24, 2.45) is 5.92 Å². The van der Waals surface area contributed by atoms with E-state index in [2.05, 4.69) is 0 Å². The molecule has 8 heteroatoms. The summed E-state index contributed by atoms with van der Waals surface area (Å²) in [6, 6.07) is 1.92. The molecule has 2 aliphatic carbocycles. The largest absolute Gasteiger partial charge is 0.493 e. The molecule has 0 N–H and O–H groups in total. The molecule has 0 spiro atoms. The monoisotopic (exact) mass is 432 g/mol. The van der Waals surface area contributed by atoms with Crippen molar-refractivity contribution >= 4 is 17.5 Å². The molecule has 0 aromatic heterocycles. The van der Waals surface area contributed by atoms with Gasteiger partial charge in [0, 0.05) is 18.6 Å². The van der Waals surface area contributed by atoms with Crippen molar-refractivity contribution in [1.82, 2.24) is 0 Å². The summed E-state index contributed by atoms with van der Waals surface area (Å²) in [5.41, 5.74) is 3.15. The van der Waals surface area contributed by atoms with Gasteiger partial charge in [0.15, 0.2) is 11.5 Å². The lowest BCUT2D eigenvalue weighted by molar-refractivity contribution is -0.140. The number of fused-ring (bicyclic) bond motifs is 3. The quantitative estimate of drug-likeness (QED) is 0.634. The molecule has 0 heterocycles. The van der Waals surface area contributed by atoms with E-state index in [-0.39, 0.29) is 23.7 Å². The molecule has 1 aromatic carbocycles. The second-order valence-corrected chi connectivity index (χ2v) is 7.21. The minimum absolute atomic E-state index is 0.219. The maximum Gasteiger partial charge on any atom is 0.335 e. The first kappa shape index (κ1) is 22.7. The molecule has 0 bridgehead atoms. The summed E-state index contributed by atoms with van der Waals surface area (Å²) in [5, 5.41) is 0. The number of carbonyl (C=O) groups excluding carboxylic acids is 2. The van der Waals surface area contributed by atoms with E-state index in [9.17, 15) is 9.59 Å². The van der Waals surface area contributed by atoms with Gasteiger partial charge in [-0.2, -0.15) is 0 Å². The van der Waals surface area contributed by atoms with Gasteiger partial charge in [0.05, 0.1) is 52.8 Å². The second kappa shape index (κ2) is 9.43. The van der Waals surface area contributed by atoms with E-state index in [0.717, 1.165) is 16.7 Å². The first-order valence-corrected chi connectivity index (χ1v) is 9.91. The van der Waals surface area contributed by atoms with Crippen molar-refractivity contribution in [3.63, 3.8) is 0 Å². The van der Waals surface area contributed by atoms with Crippen molar-refractivity contribution in [3.05, 3.63) is 34.4 Å². The van der Waals surface area contributed by atoms with Crippen LogP contribution in [0.4, 0.5) is 0 Å². The van der Waals surface area contributed by atoms with Crippen LogP contribution >= 0.6 is 0 Å². The number of hydrogen-bond donors (Lipinski definition) is 0. The zero-order valence-electron chi connectivity index (χ0n) is 18.7. The standard InChI is InChI=1S/C23H28O8/c1-26-15-10-7-12-11-16(27-2)20(28-3)21(29-4)17(12)13-8-9-14(22(24)30-5)19(18(13)15)23(25)31-6/h8,11,15,18H,7,9-10H2,1-6H3/t15-,18+/m0/s1. The number of rotatable bonds is 6. The van der Waals surface area contributed by atoms with Crippen LogP contribution in [-0.4, -0.2) is 60.7 Å². The number of carbonyl (C=O) groups is 2. The summed E-state index contributed by atoms with van der Waals surface area (Å²) in [5.74, 6) is -0.151. The maximum absolute atomic E-state index is 12.9. The van der Waals surface area contributed by atoms with Crippen molar-refractivity contribution in [2.75, 3.05) is 42.7 Å². The van der Waals surface area contributed by atoms with E-state index in [1.807, 2.05) is 12.1 Å². The molecule has 2 atom stereocenters. The highest BCUT2D eigenvalue weighted by molar-refractivity contribution is 6.05. The van der Waals surface area contributed by atoms with Gasteiger partial charge < -0.3 is 28.4 Å². The highest BCUT2D eigenvalue weighted by Gasteiger charge is 2.43. The fourth-order valence-corrected chi connectivity index (χ4v) is 4.55. The number of esters is 2. The van der Waals surface area contributed by atoms with Gasteiger partial charge in [-0.15, -0.1) is 0 Å². The molecule has 1 aromatic rings. The topological polar surface area (TPSA) is 89.5 Å². The van der Waals surface area contributed by atoms with Crippen LogP contribution in [0.5, 0.6) is 17.2 Å². The Morgan fingerprint density at radius 2 is 1.58 bits per heavy atom. The van der Waals surface area contributed by atoms with Gasteiger partial charge in [-0.3, -0.25) is 0 Å². The number of allylic oxidation sites excluding steroid dienone is 1. The minimum atomic E-state index is -0.582. The van der Waals surface area contributed by atoms with Crippen molar-refractivity contribution in [3.8, 4) is 17.2 Å². The van der Waals surface area contributed by atoms with Gasteiger partial charge in [0.2, 0.25) is 5.75 Å². The Morgan fingerprint density at radius 1 is 0.903 bits per heavy atom. The van der Waals surface area contributed by atoms with Gasteiger partial charge >= 0.3 is 11.9 Å². The summed E-state index contributed by atoms with van der Waals surface area (Å²) in [7, 11) is 8.86. The van der Waals surface area contributed by atoms with Gasteiger partial charge in [-0.1, -0.05) is 6.08 Å². The summed E-state index contributed by atoms with van der Waals surface area (Å²) in [4.78, 5) is 25.4. The van der Waals surface area contributed by atoms with E-state index in [1.165, 1.54) is 14.2 Å². The Balaban J connectivity index is 2.32. The molecular formula is C23H28O8. The van der Waals surface area contributed by atoms with E-state index >= 15 is 0 Å². The molecule has 0 saturated carbocycles. The van der Waals surface area contributed by atoms with Crippen molar-refractivity contribution in [1.29, 1.82) is 0 Å². The minimum Gasteiger partial charge on any atom is -0.493 e. The lowest BCUT2D eigenvalue weighted by Crippen LogP contribution is -2.33. The first-order chi connectivity index (χ1) is 15.0. The molecule has 0 unspecified atom stereocenters. The van der Waals surface area contributed by atoms with E-state index in [0.29, 0.717) is 30.1 Å². The molecular weight excluding hydrogens is 404 g/mol. The molecule has 2 aliphatic rings. The van der Waals surface area contributed by atoms with Crippen LogP contribution in [0.2, 0.25) is 0 Å². The van der Waals surface area contributed by atoms with E-state index < -0.39 is 17.9 Å². The Labute approximate surface area is 181 Å². The predicted octanol–water partition coefficient (Wildman–Crippen LogP) is 2.72. The van der Waals surface area contributed by atoms with Gasteiger partial charge in [0.1, 0.15) is 0 Å². The van der Waals surface area contributed by atoms with E-state index in [4.69, 9.17) is 28.4 Å². The fourth-order valence-electron chi connectivity index (χ4n) is 4.55. The molecule has 3 rings (SSSR count). The Morgan fingerprint density at radius 3 is 2.13 bits per heavy atom. The summed E-state index contributed by atoms with van der Waals surface area (Å²) < 4.78 is 32.7. The summed E-state index contributed by atoms with van der Waals surface area (Å²) in [6.45, 7) is 0. The molecule has 0 saturated heterocycles.